The number of fused-ring (bicyclic) bond motifs is 1. The molecule has 2 aliphatic rings. The Morgan fingerprint density at radius 2 is 2.09 bits per heavy atom. The van der Waals surface area contributed by atoms with Crippen LogP contribution < -0.4 is 0 Å². The number of amides is 1. The second-order valence-electron chi connectivity index (χ2n) is 5.81. The van der Waals surface area contributed by atoms with Crippen LogP contribution in [0.1, 0.15) is 18.9 Å². The minimum atomic E-state index is -1.10. The molecule has 0 aromatic heterocycles. The summed E-state index contributed by atoms with van der Waals surface area (Å²) < 4.78 is 5.20. The van der Waals surface area contributed by atoms with E-state index in [1.54, 1.807) is 25.1 Å². The van der Waals surface area contributed by atoms with Gasteiger partial charge in [-0.2, -0.15) is 0 Å². The van der Waals surface area contributed by atoms with Crippen LogP contribution in [0.3, 0.4) is 0 Å². The highest BCUT2D eigenvalue weighted by atomic mass is 35.5. The quantitative estimate of drug-likeness (QED) is 0.839. The van der Waals surface area contributed by atoms with Gasteiger partial charge in [0, 0.05) is 18.2 Å². The van der Waals surface area contributed by atoms with Gasteiger partial charge in [0.05, 0.1) is 16.7 Å². The van der Waals surface area contributed by atoms with Gasteiger partial charge in [0.1, 0.15) is 5.41 Å². The fourth-order valence-corrected chi connectivity index (χ4v) is 3.67. The van der Waals surface area contributed by atoms with Crippen LogP contribution in [0.15, 0.2) is 30.5 Å². The molecule has 1 aromatic rings. The van der Waals surface area contributed by atoms with Gasteiger partial charge in [0.25, 0.3) is 0 Å². The highest BCUT2D eigenvalue weighted by Gasteiger charge is 2.74. The maximum Gasteiger partial charge on any atom is 0.411 e. The van der Waals surface area contributed by atoms with Gasteiger partial charge in [0.15, 0.2) is 0 Å². The molecule has 1 N–H and O–H groups in total. The number of esters is 1. The molecular formula is C16H15Cl2NO4. The predicted molar refractivity (Wildman–Crippen MR) is 85.7 cm³/mol. The van der Waals surface area contributed by atoms with Gasteiger partial charge in [-0.25, -0.2) is 4.79 Å². The molecule has 5 nitrogen and oxygen atoms in total. The van der Waals surface area contributed by atoms with E-state index < -0.39 is 16.9 Å². The minimum absolute atomic E-state index is 0.0674. The molecule has 1 aliphatic heterocycles. The molecule has 1 heterocycles. The van der Waals surface area contributed by atoms with Gasteiger partial charge in [-0.15, -0.1) is 0 Å². The zero-order valence-corrected chi connectivity index (χ0v) is 13.9. The van der Waals surface area contributed by atoms with E-state index in [0.29, 0.717) is 16.5 Å². The van der Waals surface area contributed by atoms with Gasteiger partial charge in [-0.1, -0.05) is 35.3 Å². The van der Waals surface area contributed by atoms with Crippen LogP contribution in [0.2, 0.25) is 10.0 Å². The van der Waals surface area contributed by atoms with Crippen molar-refractivity contribution in [2.75, 3.05) is 13.2 Å². The van der Waals surface area contributed by atoms with Crippen molar-refractivity contribution in [3.63, 3.8) is 0 Å². The van der Waals surface area contributed by atoms with Crippen molar-refractivity contribution in [1.29, 1.82) is 0 Å². The average molecular weight is 356 g/mol. The first kappa shape index (κ1) is 16.1. The lowest BCUT2D eigenvalue weighted by atomic mass is 9.83. The molecule has 2 atom stereocenters. The fourth-order valence-electron chi connectivity index (χ4n) is 3.38. The molecule has 0 radical (unpaired) electrons. The molecule has 1 amide bonds. The summed E-state index contributed by atoms with van der Waals surface area (Å²) in [5, 5.41) is 10.1. The average Bonchev–Trinajstić information content (AvgIpc) is 3.21. The van der Waals surface area contributed by atoms with Crippen molar-refractivity contribution in [1.82, 2.24) is 4.90 Å². The molecule has 1 fully saturated rings. The summed E-state index contributed by atoms with van der Waals surface area (Å²) in [6, 6.07) is 5.22. The molecule has 1 aromatic carbocycles. The molecule has 0 spiro atoms. The number of carbonyl (C=O) groups excluding carboxylic acids is 1. The Hall–Kier alpha value is -1.72. The first-order valence-corrected chi connectivity index (χ1v) is 7.93. The van der Waals surface area contributed by atoms with Crippen LogP contribution in [-0.4, -0.2) is 35.2 Å². The predicted octanol–water partition coefficient (Wildman–Crippen LogP) is 3.69. The lowest BCUT2D eigenvalue weighted by molar-refractivity contribution is -0.151. The lowest BCUT2D eigenvalue weighted by Crippen LogP contribution is -2.42. The molecule has 23 heavy (non-hydrogen) atoms. The zero-order valence-electron chi connectivity index (χ0n) is 12.4. The van der Waals surface area contributed by atoms with Gasteiger partial charge in [-0.3, -0.25) is 9.69 Å². The summed E-state index contributed by atoms with van der Waals surface area (Å²) in [7, 11) is 0. The summed E-state index contributed by atoms with van der Waals surface area (Å²) in [5.41, 5.74) is -0.673. The van der Waals surface area contributed by atoms with Gasteiger partial charge in [-0.05, 0) is 31.0 Å². The van der Waals surface area contributed by atoms with Crippen LogP contribution >= 0.6 is 23.2 Å². The number of rotatable bonds is 3. The Morgan fingerprint density at radius 3 is 2.70 bits per heavy atom. The normalized spacial score (nSPS) is 28.2. The molecule has 1 aliphatic carbocycles. The van der Waals surface area contributed by atoms with E-state index >= 15 is 0 Å². The smallest absolute Gasteiger partial charge is 0.411 e. The first-order valence-electron chi connectivity index (χ1n) is 7.18. The van der Waals surface area contributed by atoms with Crippen molar-refractivity contribution in [3.05, 3.63) is 46.1 Å². The highest BCUT2D eigenvalue weighted by molar-refractivity contribution is 6.42. The van der Waals surface area contributed by atoms with Crippen molar-refractivity contribution >= 4 is 35.3 Å². The molecule has 122 valence electrons. The Kier molecular flexibility index (Phi) is 3.81. The molecular weight excluding hydrogens is 341 g/mol. The number of halogens is 2. The Labute approximate surface area is 143 Å². The molecule has 7 heteroatoms. The van der Waals surface area contributed by atoms with Crippen LogP contribution in [0.4, 0.5) is 4.79 Å². The number of hydrogen-bond donors (Lipinski definition) is 1. The second kappa shape index (κ2) is 5.42. The summed E-state index contributed by atoms with van der Waals surface area (Å²) >= 11 is 12.1. The second-order valence-corrected chi connectivity index (χ2v) is 6.62. The molecule has 1 saturated carbocycles. The number of carbonyl (C=O) groups is 2. The SMILES string of the molecule is CCOC(=O)[C@]12CN(C(=O)O)C=C[C@@]1(c1ccc(Cl)c(Cl)c1)C2. The zero-order chi connectivity index (χ0) is 16.8. The van der Waals surface area contributed by atoms with Gasteiger partial charge < -0.3 is 9.84 Å². The van der Waals surface area contributed by atoms with Crippen LogP contribution in [0.25, 0.3) is 0 Å². The van der Waals surface area contributed by atoms with Crippen molar-refractivity contribution in [2.45, 2.75) is 18.8 Å². The fraction of sp³-hybridized carbons (Fsp3) is 0.375. The molecule has 0 bridgehead atoms. The first-order chi connectivity index (χ1) is 10.9. The van der Waals surface area contributed by atoms with E-state index in [9.17, 15) is 14.7 Å². The monoisotopic (exact) mass is 355 g/mol. The Balaban J connectivity index is 2.06. The van der Waals surface area contributed by atoms with E-state index in [4.69, 9.17) is 27.9 Å². The maximum atomic E-state index is 12.5. The maximum absolute atomic E-state index is 12.5. The molecule has 0 unspecified atom stereocenters. The van der Waals surface area contributed by atoms with Gasteiger partial charge in [0.2, 0.25) is 0 Å². The van der Waals surface area contributed by atoms with Gasteiger partial charge >= 0.3 is 12.1 Å². The van der Waals surface area contributed by atoms with E-state index in [2.05, 4.69) is 0 Å². The third kappa shape index (κ3) is 2.30. The summed E-state index contributed by atoms with van der Waals surface area (Å²) in [5.74, 6) is -0.387. The van der Waals surface area contributed by atoms with E-state index in [-0.39, 0.29) is 19.1 Å². The number of ether oxygens (including phenoxy) is 1. The van der Waals surface area contributed by atoms with Crippen molar-refractivity contribution in [2.24, 2.45) is 5.41 Å². The minimum Gasteiger partial charge on any atom is -0.465 e. The van der Waals surface area contributed by atoms with Crippen LogP contribution in [0, 0.1) is 5.41 Å². The van der Waals surface area contributed by atoms with E-state index in [1.165, 1.54) is 6.20 Å². The van der Waals surface area contributed by atoms with E-state index in [0.717, 1.165) is 10.5 Å². The van der Waals surface area contributed by atoms with E-state index in [1.807, 2.05) is 6.07 Å². The van der Waals surface area contributed by atoms with Crippen LogP contribution in [-0.2, 0) is 14.9 Å². The Morgan fingerprint density at radius 1 is 1.35 bits per heavy atom. The highest BCUT2D eigenvalue weighted by Crippen LogP contribution is 2.68. The number of hydrogen-bond acceptors (Lipinski definition) is 3. The standard InChI is InChI=1S/C16H15Cl2NO4/c1-2-23-13(20)16-8-15(16,5-6-19(9-16)14(21)22)10-3-4-11(17)12(18)7-10/h3-7H,2,8-9H2,1H3,(H,21,22)/t15-,16-/m0/s1. The summed E-state index contributed by atoms with van der Waals surface area (Å²) in [4.78, 5) is 24.9. The van der Waals surface area contributed by atoms with Crippen LogP contribution in [0.5, 0.6) is 0 Å². The third-order valence-electron chi connectivity index (χ3n) is 4.64. The summed E-state index contributed by atoms with van der Waals surface area (Å²) in [6.07, 6.45) is 2.63. The molecule has 3 rings (SSSR count). The van der Waals surface area contributed by atoms with Crippen molar-refractivity contribution in [3.8, 4) is 0 Å². The molecule has 0 saturated heterocycles. The largest absolute Gasteiger partial charge is 0.465 e. The van der Waals surface area contributed by atoms with Crippen molar-refractivity contribution < 1.29 is 19.4 Å². The topological polar surface area (TPSA) is 66.8 Å². The number of benzene rings is 1. The Bertz CT molecular complexity index is 720. The number of nitrogens with zero attached hydrogens (tertiary/aromatic N) is 1. The number of allylic oxidation sites excluding steroid dienone is 1. The number of carboxylic acid groups (broad SMARTS) is 1. The lowest BCUT2D eigenvalue weighted by Gasteiger charge is -2.30. The summed E-state index contributed by atoms with van der Waals surface area (Å²) in [6.45, 7) is 2.04. The third-order valence-corrected chi connectivity index (χ3v) is 5.37.